The van der Waals surface area contributed by atoms with E-state index in [2.05, 4.69) is 6.07 Å². The van der Waals surface area contributed by atoms with Gasteiger partial charge in [-0.05, 0) is 31.9 Å². The third kappa shape index (κ3) is 2.12. The van der Waals surface area contributed by atoms with Gasteiger partial charge in [-0.3, -0.25) is 0 Å². The molecule has 1 aromatic carbocycles. The minimum Gasteiger partial charge on any atom is -0.387 e. The SMILES string of the molecule is Cc1ccc(C(O)C(C)C#N)c(C)c1. The number of rotatable bonds is 2. The minimum absolute atomic E-state index is 0.364. The summed E-state index contributed by atoms with van der Waals surface area (Å²) in [6.07, 6.45) is -0.680. The van der Waals surface area contributed by atoms with Crippen LogP contribution < -0.4 is 0 Å². The molecule has 1 rings (SSSR count). The first-order valence-corrected chi connectivity index (χ1v) is 4.71. The third-order valence-corrected chi connectivity index (χ3v) is 2.42. The van der Waals surface area contributed by atoms with Gasteiger partial charge in [0.1, 0.15) is 0 Å². The van der Waals surface area contributed by atoms with Gasteiger partial charge in [-0.2, -0.15) is 5.26 Å². The Hall–Kier alpha value is -1.33. The van der Waals surface area contributed by atoms with Crippen LogP contribution in [-0.4, -0.2) is 5.11 Å². The van der Waals surface area contributed by atoms with Crippen LogP contribution in [0, 0.1) is 31.1 Å². The van der Waals surface area contributed by atoms with Gasteiger partial charge in [-0.1, -0.05) is 23.8 Å². The summed E-state index contributed by atoms with van der Waals surface area (Å²) < 4.78 is 0. The summed E-state index contributed by atoms with van der Waals surface area (Å²) in [4.78, 5) is 0. The van der Waals surface area contributed by atoms with Crippen LogP contribution >= 0.6 is 0 Å². The molecular formula is C12H15NO. The molecule has 0 aliphatic heterocycles. The van der Waals surface area contributed by atoms with E-state index in [0.29, 0.717) is 0 Å². The average molecular weight is 189 g/mol. The maximum Gasteiger partial charge on any atom is 0.0948 e. The molecule has 0 aromatic heterocycles. The lowest BCUT2D eigenvalue weighted by Gasteiger charge is -2.15. The lowest BCUT2D eigenvalue weighted by molar-refractivity contribution is 0.142. The Morgan fingerprint density at radius 1 is 1.36 bits per heavy atom. The molecule has 2 heteroatoms. The number of aliphatic hydroxyl groups is 1. The highest BCUT2D eigenvalue weighted by Crippen LogP contribution is 2.24. The molecule has 0 saturated carbocycles. The smallest absolute Gasteiger partial charge is 0.0948 e. The van der Waals surface area contributed by atoms with Gasteiger partial charge in [0.25, 0.3) is 0 Å². The van der Waals surface area contributed by atoms with Crippen molar-refractivity contribution in [3.63, 3.8) is 0 Å². The van der Waals surface area contributed by atoms with Gasteiger partial charge in [0.2, 0.25) is 0 Å². The fourth-order valence-electron chi connectivity index (χ4n) is 1.50. The number of aryl methyl sites for hydroxylation is 2. The van der Waals surface area contributed by atoms with E-state index in [1.54, 1.807) is 6.92 Å². The standard InChI is InChI=1S/C12H15NO/c1-8-4-5-11(9(2)6-8)12(14)10(3)7-13/h4-6,10,12,14H,1-3H3. The van der Waals surface area contributed by atoms with Gasteiger partial charge in [0.05, 0.1) is 18.1 Å². The fourth-order valence-corrected chi connectivity index (χ4v) is 1.50. The Labute approximate surface area is 84.8 Å². The van der Waals surface area contributed by atoms with E-state index < -0.39 is 6.10 Å². The van der Waals surface area contributed by atoms with Crippen molar-refractivity contribution in [2.24, 2.45) is 5.92 Å². The highest BCUT2D eigenvalue weighted by atomic mass is 16.3. The number of hydrogen-bond acceptors (Lipinski definition) is 2. The molecule has 0 radical (unpaired) electrons. The van der Waals surface area contributed by atoms with Gasteiger partial charge >= 0.3 is 0 Å². The van der Waals surface area contributed by atoms with Gasteiger partial charge in [-0.15, -0.1) is 0 Å². The summed E-state index contributed by atoms with van der Waals surface area (Å²) in [6.45, 7) is 5.69. The predicted molar refractivity (Wildman–Crippen MR) is 55.7 cm³/mol. The second-order valence-electron chi connectivity index (χ2n) is 3.72. The van der Waals surface area contributed by atoms with Gasteiger partial charge in [-0.25, -0.2) is 0 Å². The molecule has 0 aliphatic carbocycles. The Kier molecular flexibility index (Phi) is 3.27. The van der Waals surface area contributed by atoms with Crippen molar-refractivity contribution in [2.45, 2.75) is 26.9 Å². The number of benzene rings is 1. The van der Waals surface area contributed by atoms with E-state index in [9.17, 15) is 5.11 Å². The van der Waals surface area contributed by atoms with E-state index in [4.69, 9.17) is 5.26 Å². The first kappa shape index (κ1) is 10.7. The maximum atomic E-state index is 9.84. The Morgan fingerprint density at radius 3 is 2.50 bits per heavy atom. The molecule has 0 fully saturated rings. The molecule has 1 N–H and O–H groups in total. The topological polar surface area (TPSA) is 44.0 Å². The second-order valence-corrected chi connectivity index (χ2v) is 3.72. The second kappa shape index (κ2) is 4.26. The summed E-state index contributed by atoms with van der Waals surface area (Å²) >= 11 is 0. The van der Waals surface area contributed by atoms with Gasteiger partial charge in [0.15, 0.2) is 0 Å². The van der Waals surface area contributed by atoms with E-state index >= 15 is 0 Å². The van der Waals surface area contributed by atoms with Gasteiger partial charge < -0.3 is 5.11 Å². The van der Waals surface area contributed by atoms with Crippen LogP contribution in [0.1, 0.15) is 29.7 Å². The van der Waals surface area contributed by atoms with Crippen molar-refractivity contribution in [1.82, 2.24) is 0 Å². The first-order valence-electron chi connectivity index (χ1n) is 4.71. The Balaban J connectivity index is 3.03. The zero-order valence-electron chi connectivity index (χ0n) is 8.78. The fraction of sp³-hybridized carbons (Fsp3) is 0.417. The zero-order valence-corrected chi connectivity index (χ0v) is 8.78. The zero-order chi connectivity index (χ0) is 10.7. The van der Waals surface area contributed by atoms with Crippen molar-refractivity contribution in [2.75, 3.05) is 0 Å². The van der Waals surface area contributed by atoms with Crippen molar-refractivity contribution in [1.29, 1.82) is 5.26 Å². The number of nitriles is 1. The van der Waals surface area contributed by atoms with Gasteiger partial charge in [0, 0.05) is 0 Å². The molecule has 0 saturated heterocycles. The van der Waals surface area contributed by atoms with E-state index in [1.165, 1.54) is 5.56 Å². The molecule has 74 valence electrons. The highest BCUT2D eigenvalue weighted by molar-refractivity contribution is 5.32. The van der Waals surface area contributed by atoms with Crippen LogP contribution in [0.4, 0.5) is 0 Å². The summed E-state index contributed by atoms with van der Waals surface area (Å²) in [5.41, 5.74) is 3.06. The molecule has 0 aliphatic rings. The Morgan fingerprint density at radius 2 is 2.00 bits per heavy atom. The average Bonchev–Trinajstić information content (AvgIpc) is 2.15. The normalized spacial score (nSPS) is 14.5. The van der Waals surface area contributed by atoms with Crippen LogP contribution in [0.25, 0.3) is 0 Å². The monoisotopic (exact) mass is 189 g/mol. The largest absolute Gasteiger partial charge is 0.387 e. The maximum absolute atomic E-state index is 9.84. The van der Waals surface area contributed by atoms with Crippen LogP contribution in [0.15, 0.2) is 18.2 Å². The lowest BCUT2D eigenvalue weighted by Crippen LogP contribution is -2.08. The number of nitrogens with zero attached hydrogens (tertiary/aromatic N) is 1. The third-order valence-electron chi connectivity index (χ3n) is 2.42. The van der Waals surface area contributed by atoms with Crippen molar-refractivity contribution >= 4 is 0 Å². The van der Waals surface area contributed by atoms with Crippen molar-refractivity contribution < 1.29 is 5.11 Å². The van der Waals surface area contributed by atoms with E-state index in [1.807, 2.05) is 32.0 Å². The molecule has 1 aromatic rings. The highest BCUT2D eigenvalue weighted by Gasteiger charge is 2.17. The van der Waals surface area contributed by atoms with E-state index in [-0.39, 0.29) is 5.92 Å². The van der Waals surface area contributed by atoms with Crippen molar-refractivity contribution in [3.8, 4) is 6.07 Å². The molecule has 2 unspecified atom stereocenters. The quantitative estimate of drug-likeness (QED) is 0.776. The molecular weight excluding hydrogens is 174 g/mol. The summed E-state index contributed by atoms with van der Waals surface area (Å²) in [5, 5.41) is 18.5. The number of hydrogen-bond donors (Lipinski definition) is 1. The molecule has 14 heavy (non-hydrogen) atoms. The number of aliphatic hydroxyl groups excluding tert-OH is 1. The minimum atomic E-state index is -0.680. The first-order chi connectivity index (χ1) is 6.56. The summed E-state index contributed by atoms with van der Waals surface area (Å²) in [7, 11) is 0. The summed E-state index contributed by atoms with van der Waals surface area (Å²) in [6, 6.07) is 7.92. The molecule has 0 amide bonds. The van der Waals surface area contributed by atoms with Crippen LogP contribution in [-0.2, 0) is 0 Å². The Bertz CT molecular complexity index is 365. The molecule has 0 spiro atoms. The van der Waals surface area contributed by atoms with Crippen LogP contribution in [0.2, 0.25) is 0 Å². The summed E-state index contributed by atoms with van der Waals surface area (Å²) in [5.74, 6) is -0.364. The predicted octanol–water partition coefficient (Wildman–Crippen LogP) is 2.50. The molecule has 2 nitrogen and oxygen atoms in total. The van der Waals surface area contributed by atoms with Crippen molar-refractivity contribution in [3.05, 3.63) is 34.9 Å². The van der Waals surface area contributed by atoms with E-state index in [0.717, 1.165) is 11.1 Å². The van der Waals surface area contributed by atoms with Crippen LogP contribution in [0.5, 0.6) is 0 Å². The molecule has 2 atom stereocenters. The molecule has 0 heterocycles. The van der Waals surface area contributed by atoms with Crippen LogP contribution in [0.3, 0.4) is 0 Å². The lowest BCUT2D eigenvalue weighted by atomic mass is 9.94. The molecule has 0 bridgehead atoms.